The zero-order chi connectivity index (χ0) is 16.1. The van der Waals surface area contributed by atoms with Crippen LogP contribution in [0.2, 0.25) is 0 Å². The summed E-state index contributed by atoms with van der Waals surface area (Å²) in [5, 5.41) is 11.5. The summed E-state index contributed by atoms with van der Waals surface area (Å²) in [6.07, 6.45) is 0. The average Bonchev–Trinajstić information content (AvgIpc) is 3.06. The highest BCUT2D eigenvalue weighted by Gasteiger charge is 2.12. The molecule has 2 aromatic heterocycles. The van der Waals surface area contributed by atoms with E-state index in [0.717, 1.165) is 17.9 Å². The number of hydrogen-bond acceptors (Lipinski definition) is 3. The molecule has 0 fully saturated rings. The van der Waals surface area contributed by atoms with Gasteiger partial charge in [-0.3, -0.25) is 4.68 Å². The summed E-state index contributed by atoms with van der Waals surface area (Å²) in [6.45, 7) is 8.27. The quantitative estimate of drug-likeness (QED) is 0.889. The Kier molecular flexibility index (Phi) is 5.60. The second kappa shape index (κ2) is 7.45. The summed E-state index contributed by atoms with van der Waals surface area (Å²) in [5.41, 5.74) is 3.35. The summed E-state index contributed by atoms with van der Waals surface area (Å²) in [7, 11) is 1.82. The molecule has 0 bridgehead atoms. The molecule has 22 heavy (non-hydrogen) atoms. The van der Waals surface area contributed by atoms with Crippen LogP contribution in [0.5, 0.6) is 0 Å². The molecule has 0 aliphatic carbocycles. The zero-order valence-electron chi connectivity index (χ0n) is 13.7. The summed E-state index contributed by atoms with van der Waals surface area (Å²) in [5.74, 6) is 0.330. The highest BCUT2D eigenvalue weighted by atomic mass is 32.1. The first-order valence-electron chi connectivity index (χ1n) is 7.47. The summed E-state index contributed by atoms with van der Waals surface area (Å²) < 4.78 is 2.00. The second-order valence-electron chi connectivity index (χ2n) is 5.89. The number of thiophene rings is 1. The Morgan fingerprint density at radius 2 is 2.27 bits per heavy atom. The number of nitrogens with one attached hydrogen (secondary N) is 1. The molecule has 120 valence electrons. The molecular weight excluding hydrogens is 296 g/mol. The van der Waals surface area contributed by atoms with E-state index in [-0.39, 0.29) is 6.03 Å². The molecule has 0 radical (unpaired) electrons. The van der Waals surface area contributed by atoms with Crippen LogP contribution in [-0.2, 0) is 13.1 Å². The third kappa shape index (κ3) is 4.59. The van der Waals surface area contributed by atoms with Gasteiger partial charge < -0.3 is 10.2 Å². The minimum atomic E-state index is -0.0357. The maximum atomic E-state index is 12.1. The topological polar surface area (TPSA) is 50.2 Å². The van der Waals surface area contributed by atoms with E-state index in [4.69, 9.17) is 0 Å². The third-order valence-corrected chi connectivity index (χ3v) is 4.27. The van der Waals surface area contributed by atoms with Crippen molar-refractivity contribution in [2.24, 2.45) is 5.92 Å². The van der Waals surface area contributed by atoms with Crippen molar-refractivity contribution in [2.45, 2.75) is 33.9 Å². The summed E-state index contributed by atoms with van der Waals surface area (Å²) in [4.78, 5) is 13.8. The number of aromatic nitrogens is 2. The first-order chi connectivity index (χ1) is 10.5. The molecular formula is C16H24N4OS. The van der Waals surface area contributed by atoms with Gasteiger partial charge in [0, 0.05) is 32.4 Å². The highest BCUT2D eigenvalue weighted by Crippen LogP contribution is 2.09. The number of amides is 2. The van der Waals surface area contributed by atoms with E-state index in [2.05, 4.69) is 35.7 Å². The van der Waals surface area contributed by atoms with Gasteiger partial charge in [-0.25, -0.2) is 4.79 Å². The van der Waals surface area contributed by atoms with Crippen molar-refractivity contribution in [1.82, 2.24) is 20.0 Å². The van der Waals surface area contributed by atoms with Gasteiger partial charge in [-0.2, -0.15) is 16.4 Å². The van der Waals surface area contributed by atoms with E-state index in [1.807, 2.05) is 30.1 Å². The van der Waals surface area contributed by atoms with E-state index in [1.54, 1.807) is 16.2 Å². The smallest absolute Gasteiger partial charge is 0.317 e. The molecule has 0 unspecified atom stereocenters. The van der Waals surface area contributed by atoms with E-state index in [9.17, 15) is 4.79 Å². The molecule has 0 saturated heterocycles. The van der Waals surface area contributed by atoms with Gasteiger partial charge in [-0.15, -0.1) is 0 Å². The molecule has 1 atom stereocenters. The molecule has 0 spiro atoms. The fraction of sp³-hybridized carbons (Fsp3) is 0.500. The van der Waals surface area contributed by atoms with Crippen molar-refractivity contribution in [3.8, 4) is 0 Å². The number of nitrogens with zero attached hydrogens (tertiary/aromatic N) is 3. The van der Waals surface area contributed by atoms with Gasteiger partial charge >= 0.3 is 6.03 Å². The largest absolute Gasteiger partial charge is 0.338 e. The van der Waals surface area contributed by atoms with Crippen LogP contribution in [0.25, 0.3) is 0 Å². The number of hydrogen-bond donors (Lipinski definition) is 1. The van der Waals surface area contributed by atoms with Crippen LogP contribution in [0.1, 0.15) is 23.9 Å². The lowest BCUT2D eigenvalue weighted by molar-refractivity contribution is 0.204. The number of carbonyl (C=O) groups is 1. The van der Waals surface area contributed by atoms with Crippen LogP contribution >= 0.6 is 11.3 Å². The average molecular weight is 320 g/mol. The van der Waals surface area contributed by atoms with Crippen molar-refractivity contribution >= 4 is 17.4 Å². The monoisotopic (exact) mass is 320 g/mol. The van der Waals surface area contributed by atoms with Gasteiger partial charge in [-0.1, -0.05) is 6.92 Å². The number of urea groups is 1. The summed E-state index contributed by atoms with van der Waals surface area (Å²) >= 11 is 1.65. The fourth-order valence-electron chi connectivity index (χ4n) is 2.34. The van der Waals surface area contributed by atoms with Gasteiger partial charge in [0.2, 0.25) is 0 Å². The third-order valence-electron chi connectivity index (χ3n) is 3.54. The Balaban J connectivity index is 1.76. The van der Waals surface area contributed by atoms with E-state index >= 15 is 0 Å². The molecule has 1 N–H and O–H groups in total. The molecule has 2 aromatic rings. The minimum Gasteiger partial charge on any atom is -0.338 e. The molecule has 0 aromatic carbocycles. The second-order valence-corrected chi connectivity index (χ2v) is 6.67. The van der Waals surface area contributed by atoms with Crippen LogP contribution in [0, 0.1) is 19.8 Å². The van der Waals surface area contributed by atoms with Crippen molar-refractivity contribution in [2.75, 3.05) is 13.6 Å². The van der Waals surface area contributed by atoms with Gasteiger partial charge in [-0.05, 0) is 48.2 Å². The van der Waals surface area contributed by atoms with Gasteiger partial charge in [0.25, 0.3) is 0 Å². The Labute approximate surface area is 135 Å². The Bertz CT molecular complexity index is 606. The molecule has 6 heteroatoms. The van der Waals surface area contributed by atoms with E-state index in [0.29, 0.717) is 19.0 Å². The lowest BCUT2D eigenvalue weighted by atomic mass is 10.2. The Morgan fingerprint density at radius 1 is 1.50 bits per heavy atom. The molecule has 2 rings (SSSR count). The van der Waals surface area contributed by atoms with Crippen LogP contribution in [0.3, 0.4) is 0 Å². The molecule has 2 heterocycles. The standard InChI is InChI=1S/C16H24N4OS/c1-12(9-20-14(3)7-13(2)18-20)8-17-16(21)19(4)10-15-5-6-22-11-15/h5-7,11-12H,8-10H2,1-4H3,(H,17,21)/t12-/m0/s1. The zero-order valence-corrected chi connectivity index (χ0v) is 14.5. The summed E-state index contributed by atoms with van der Waals surface area (Å²) in [6, 6.07) is 4.08. The molecule has 0 aliphatic heterocycles. The molecule has 5 nitrogen and oxygen atoms in total. The van der Waals surface area contributed by atoms with Gasteiger partial charge in [0.1, 0.15) is 0 Å². The van der Waals surface area contributed by atoms with E-state index in [1.165, 1.54) is 5.56 Å². The number of carbonyl (C=O) groups excluding carboxylic acids is 1. The first-order valence-corrected chi connectivity index (χ1v) is 8.41. The van der Waals surface area contributed by atoms with Crippen molar-refractivity contribution in [3.05, 3.63) is 39.8 Å². The minimum absolute atomic E-state index is 0.0357. The fourth-order valence-corrected chi connectivity index (χ4v) is 3.00. The van der Waals surface area contributed by atoms with Crippen LogP contribution < -0.4 is 5.32 Å². The van der Waals surface area contributed by atoms with Crippen molar-refractivity contribution in [3.63, 3.8) is 0 Å². The lowest BCUT2D eigenvalue weighted by Gasteiger charge is -2.19. The normalized spacial score (nSPS) is 12.2. The maximum Gasteiger partial charge on any atom is 0.317 e. The van der Waals surface area contributed by atoms with Crippen LogP contribution in [0.15, 0.2) is 22.9 Å². The maximum absolute atomic E-state index is 12.1. The van der Waals surface area contributed by atoms with Crippen molar-refractivity contribution in [1.29, 1.82) is 0 Å². The molecule has 2 amide bonds. The van der Waals surface area contributed by atoms with Gasteiger partial charge in [0.05, 0.1) is 5.69 Å². The molecule has 0 saturated carbocycles. The van der Waals surface area contributed by atoms with Crippen molar-refractivity contribution < 1.29 is 4.79 Å². The Morgan fingerprint density at radius 3 is 2.86 bits per heavy atom. The predicted molar refractivity (Wildman–Crippen MR) is 90.0 cm³/mol. The van der Waals surface area contributed by atoms with Crippen LogP contribution in [-0.4, -0.2) is 34.3 Å². The van der Waals surface area contributed by atoms with E-state index < -0.39 is 0 Å². The highest BCUT2D eigenvalue weighted by molar-refractivity contribution is 7.07. The Hall–Kier alpha value is -1.82. The van der Waals surface area contributed by atoms with Crippen LogP contribution in [0.4, 0.5) is 4.79 Å². The number of aryl methyl sites for hydroxylation is 2. The number of rotatable bonds is 6. The first kappa shape index (κ1) is 16.5. The lowest BCUT2D eigenvalue weighted by Crippen LogP contribution is -2.39. The molecule has 0 aliphatic rings. The predicted octanol–water partition coefficient (Wildman–Crippen LogP) is 3.04. The SMILES string of the molecule is Cc1cc(C)n(C[C@@H](C)CNC(=O)N(C)Cc2ccsc2)n1. The van der Waals surface area contributed by atoms with Gasteiger partial charge in [0.15, 0.2) is 0 Å².